The van der Waals surface area contributed by atoms with Crippen molar-refractivity contribution in [2.45, 2.75) is 33.1 Å². The van der Waals surface area contributed by atoms with Crippen LogP contribution in [0.1, 0.15) is 42.4 Å². The highest BCUT2D eigenvalue weighted by Crippen LogP contribution is 2.39. The number of fused-ring (bicyclic) bond motifs is 1. The summed E-state index contributed by atoms with van der Waals surface area (Å²) in [7, 11) is 1.52. The minimum atomic E-state index is -0.371. The zero-order valence-electron chi connectivity index (χ0n) is 18.1. The van der Waals surface area contributed by atoms with Gasteiger partial charge in [-0.1, -0.05) is 19.8 Å². The second-order valence-corrected chi connectivity index (χ2v) is 8.78. The fraction of sp³-hybridized carbons (Fsp3) is 0.500. The second kappa shape index (κ2) is 7.79. The molecule has 31 heavy (non-hydrogen) atoms. The lowest BCUT2D eigenvalue weighted by Crippen LogP contribution is -2.50. The van der Waals surface area contributed by atoms with E-state index in [1.165, 1.54) is 32.6 Å². The van der Waals surface area contributed by atoms with E-state index in [-0.39, 0.29) is 11.6 Å². The minimum Gasteiger partial charge on any atom is -0.478 e. The smallest absolute Gasteiger partial charge is 0.277 e. The first-order valence-electron chi connectivity index (χ1n) is 10.8. The summed E-state index contributed by atoms with van der Waals surface area (Å²) in [5.74, 6) is 3.61. The summed E-state index contributed by atoms with van der Waals surface area (Å²) in [5.41, 5.74) is 1.67. The first-order valence-corrected chi connectivity index (χ1v) is 10.8. The molecule has 3 aromatic heterocycles. The molecule has 1 aliphatic carbocycles. The molecule has 5 rings (SSSR count). The van der Waals surface area contributed by atoms with Crippen LogP contribution in [0.4, 0.5) is 11.6 Å². The summed E-state index contributed by atoms with van der Waals surface area (Å²) in [5, 5.41) is 2.76. The maximum absolute atomic E-state index is 12.6. The van der Waals surface area contributed by atoms with Crippen LogP contribution in [0.3, 0.4) is 0 Å². The van der Waals surface area contributed by atoms with E-state index in [2.05, 4.69) is 37.1 Å². The van der Waals surface area contributed by atoms with Gasteiger partial charge in [-0.2, -0.15) is 4.98 Å². The van der Waals surface area contributed by atoms with Gasteiger partial charge in [0.1, 0.15) is 11.5 Å². The van der Waals surface area contributed by atoms with Crippen LogP contribution in [0.15, 0.2) is 24.8 Å². The molecule has 0 aromatic carbocycles. The molecule has 1 amide bonds. The molecule has 1 saturated heterocycles. The molecule has 9 heteroatoms. The lowest BCUT2D eigenvalue weighted by Gasteiger charge is -2.43. The Balaban J connectivity index is 1.22. The monoisotopic (exact) mass is 421 g/mol. The number of hydrogen-bond donors (Lipinski definition) is 1. The molecule has 1 saturated carbocycles. The van der Waals surface area contributed by atoms with E-state index in [4.69, 9.17) is 4.74 Å². The highest BCUT2D eigenvalue weighted by Gasteiger charge is 2.35. The van der Waals surface area contributed by atoms with E-state index >= 15 is 0 Å². The summed E-state index contributed by atoms with van der Waals surface area (Å²) in [6.07, 6.45) is 10.9. The number of nitrogens with zero attached hydrogens (tertiary/aromatic N) is 6. The van der Waals surface area contributed by atoms with Crippen molar-refractivity contribution in [1.29, 1.82) is 0 Å². The molecule has 0 spiro atoms. The van der Waals surface area contributed by atoms with Gasteiger partial charge < -0.3 is 15.0 Å². The van der Waals surface area contributed by atoms with Gasteiger partial charge in [0.25, 0.3) is 11.8 Å². The molecule has 1 N–H and O–H groups in total. The van der Waals surface area contributed by atoms with E-state index in [1.54, 1.807) is 16.8 Å². The van der Waals surface area contributed by atoms with E-state index in [0.717, 1.165) is 42.4 Å². The number of methoxy groups -OCH3 is 1. The van der Waals surface area contributed by atoms with Crippen molar-refractivity contribution in [2.75, 3.05) is 30.4 Å². The molecule has 1 atom stereocenters. The standard InChI is InChI=1S/C22H27N7O2/c1-13(6-15-4-5-15)16-10-28(11-16)19-8-23-17(7-24-19)21(30)26-18-12-29-9-14(2)25-20(29)22(27-18)31-3/h7-9,12-13,15-16H,4-6,10-11H2,1-3H3,(H,26,30). The topological polar surface area (TPSA) is 97.5 Å². The third kappa shape index (κ3) is 4.04. The van der Waals surface area contributed by atoms with Gasteiger partial charge in [0.2, 0.25) is 5.65 Å². The first-order chi connectivity index (χ1) is 15.0. The van der Waals surface area contributed by atoms with Crippen molar-refractivity contribution >= 4 is 23.2 Å². The number of aryl methyl sites for hydroxylation is 1. The number of nitrogens with one attached hydrogen (secondary N) is 1. The average Bonchev–Trinajstić information content (AvgIpc) is 3.44. The van der Waals surface area contributed by atoms with Crippen molar-refractivity contribution in [1.82, 2.24) is 24.3 Å². The Hall–Kier alpha value is -3.23. The van der Waals surface area contributed by atoms with Crippen LogP contribution in [0.5, 0.6) is 5.88 Å². The van der Waals surface area contributed by atoms with Crippen molar-refractivity contribution < 1.29 is 9.53 Å². The molecule has 162 valence electrons. The van der Waals surface area contributed by atoms with Crippen molar-refractivity contribution in [3.05, 3.63) is 36.2 Å². The van der Waals surface area contributed by atoms with Crippen LogP contribution in [-0.4, -0.2) is 50.4 Å². The molecule has 9 nitrogen and oxygen atoms in total. The minimum absolute atomic E-state index is 0.241. The third-order valence-electron chi connectivity index (χ3n) is 6.27. The van der Waals surface area contributed by atoms with Gasteiger partial charge in [-0.15, -0.1) is 0 Å². The number of rotatable bonds is 7. The summed E-state index contributed by atoms with van der Waals surface area (Å²) in [6, 6.07) is 0. The lowest BCUT2D eigenvalue weighted by atomic mass is 9.84. The second-order valence-electron chi connectivity index (χ2n) is 8.78. The Labute approximate surface area is 180 Å². The van der Waals surface area contributed by atoms with Gasteiger partial charge in [0, 0.05) is 19.3 Å². The van der Waals surface area contributed by atoms with Crippen LogP contribution < -0.4 is 15.0 Å². The highest BCUT2D eigenvalue weighted by molar-refractivity contribution is 6.02. The molecular formula is C22H27N7O2. The van der Waals surface area contributed by atoms with Gasteiger partial charge in [-0.25, -0.2) is 15.0 Å². The van der Waals surface area contributed by atoms with Gasteiger partial charge in [-0.05, 0) is 31.1 Å². The van der Waals surface area contributed by atoms with E-state index < -0.39 is 0 Å². The Morgan fingerprint density at radius 1 is 1.23 bits per heavy atom. The number of amides is 1. The summed E-state index contributed by atoms with van der Waals surface area (Å²) < 4.78 is 7.07. The molecule has 2 aliphatic rings. The molecule has 1 aliphatic heterocycles. The van der Waals surface area contributed by atoms with Crippen LogP contribution in [0.2, 0.25) is 0 Å². The van der Waals surface area contributed by atoms with E-state index in [9.17, 15) is 4.79 Å². The highest BCUT2D eigenvalue weighted by atomic mass is 16.5. The fourth-order valence-corrected chi connectivity index (χ4v) is 4.20. The zero-order valence-corrected chi connectivity index (χ0v) is 18.1. The predicted molar refractivity (Wildman–Crippen MR) is 116 cm³/mol. The zero-order chi connectivity index (χ0) is 21.5. The lowest BCUT2D eigenvalue weighted by molar-refractivity contribution is 0.102. The summed E-state index contributed by atoms with van der Waals surface area (Å²) in [6.45, 7) is 6.28. The fourth-order valence-electron chi connectivity index (χ4n) is 4.20. The Bertz CT molecular complexity index is 1100. The Morgan fingerprint density at radius 3 is 2.71 bits per heavy atom. The Morgan fingerprint density at radius 2 is 2.03 bits per heavy atom. The van der Waals surface area contributed by atoms with Crippen LogP contribution in [-0.2, 0) is 0 Å². The number of aromatic nitrogens is 5. The van der Waals surface area contributed by atoms with Crippen molar-refractivity contribution in [2.24, 2.45) is 17.8 Å². The average molecular weight is 422 g/mol. The van der Waals surface area contributed by atoms with Gasteiger partial charge in [0.05, 0.1) is 31.4 Å². The van der Waals surface area contributed by atoms with Crippen LogP contribution in [0.25, 0.3) is 5.65 Å². The number of carbonyl (C=O) groups excluding carboxylic acids is 1. The number of anilines is 2. The molecule has 3 aromatic rings. The Kier molecular flexibility index (Phi) is 4.95. The largest absolute Gasteiger partial charge is 0.478 e. The number of ether oxygens (including phenoxy) is 1. The van der Waals surface area contributed by atoms with E-state index in [1.807, 2.05) is 13.1 Å². The van der Waals surface area contributed by atoms with E-state index in [0.29, 0.717) is 17.3 Å². The SMILES string of the molecule is COc1nc(NC(=O)c2cnc(N3CC(C(C)CC4CC4)C3)cn2)cn2cc(C)nc12. The molecule has 0 radical (unpaired) electrons. The predicted octanol–water partition coefficient (Wildman–Crippen LogP) is 2.96. The van der Waals surface area contributed by atoms with Crippen LogP contribution in [0, 0.1) is 24.7 Å². The maximum atomic E-state index is 12.6. The number of carbonyl (C=O) groups is 1. The van der Waals surface area contributed by atoms with Gasteiger partial charge >= 0.3 is 0 Å². The molecule has 0 bridgehead atoms. The summed E-state index contributed by atoms with van der Waals surface area (Å²) >= 11 is 0. The van der Waals surface area contributed by atoms with Crippen molar-refractivity contribution in [3.63, 3.8) is 0 Å². The molecular weight excluding hydrogens is 394 g/mol. The third-order valence-corrected chi connectivity index (χ3v) is 6.27. The first kappa shape index (κ1) is 19.7. The van der Waals surface area contributed by atoms with Crippen LogP contribution >= 0.6 is 0 Å². The molecule has 2 fully saturated rings. The molecule has 4 heterocycles. The normalized spacial score (nSPS) is 17.5. The maximum Gasteiger partial charge on any atom is 0.277 e. The quantitative estimate of drug-likeness (QED) is 0.626. The summed E-state index contributed by atoms with van der Waals surface area (Å²) in [4.78, 5) is 32.3. The van der Waals surface area contributed by atoms with Gasteiger partial charge in [-0.3, -0.25) is 9.20 Å². The number of imidazole rings is 1. The number of hydrogen-bond acceptors (Lipinski definition) is 7. The van der Waals surface area contributed by atoms with Crippen molar-refractivity contribution in [3.8, 4) is 5.88 Å². The molecule has 1 unspecified atom stereocenters. The van der Waals surface area contributed by atoms with Gasteiger partial charge in [0.15, 0.2) is 5.82 Å².